The number of amides is 2. The van der Waals surface area contributed by atoms with Crippen molar-refractivity contribution in [1.29, 1.82) is 0 Å². The van der Waals surface area contributed by atoms with E-state index in [4.69, 9.17) is 20.9 Å². The maximum Gasteiger partial charge on any atom is 0.224 e. The van der Waals surface area contributed by atoms with Crippen LogP contribution in [-0.4, -0.2) is 44.0 Å². The molecule has 2 atom stereocenters. The van der Waals surface area contributed by atoms with Crippen molar-refractivity contribution < 1.29 is 19.1 Å². The Kier molecular flexibility index (Phi) is 4.60. The van der Waals surface area contributed by atoms with Crippen LogP contribution in [-0.2, 0) is 16.0 Å². The second kappa shape index (κ2) is 6.55. The molecule has 2 amide bonds. The number of fused-ring (bicyclic) bond motifs is 3. The van der Waals surface area contributed by atoms with Crippen LogP contribution in [0.5, 0.6) is 11.5 Å². The highest BCUT2D eigenvalue weighted by Gasteiger charge is 2.47. The quantitative estimate of drug-likeness (QED) is 0.817. The van der Waals surface area contributed by atoms with Gasteiger partial charge >= 0.3 is 0 Å². The molecular formula is C18H25N3O4. The van der Waals surface area contributed by atoms with Gasteiger partial charge in [-0.25, -0.2) is 0 Å². The maximum atomic E-state index is 12.2. The van der Waals surface area contributed by atoms with Crippen molar-refractivity contribution in [2.45, 2.75) is 31.7 Å². The van der Waals surface area contributed by atoms with E-state index < -0.39 is 17.2 Å². The summed E-state index contributed by atoms with van der Waals surface area (Å²) >= 11 is 0. The minimum Gasteiger partial charge on any atom is -0.493 e. The van der Waals surface area contributed by atoms with Gasteiger partial charge in [0.25, 0.3) is 0 Å². The van der Waals surface area contributed by atoms with Crippen LogP contribution in [0.2, 0.25) is 0 Å². The molecule has 0 saturated carbocycles. The van der Waals surface area contributed by atoms with Gasteiger partial charge in [0.15, 0.2) is 11.5 Å². The van der Waals surface area contributed by atoms with Crippen molar-refractivity contribution in [2.24, 2.45) is 16.9 Å². The van der Waals surface area contributed by atoms with Gasteiger partial charge in [-0.3, -0.25) is 14.5 Å². The van der Waals surface area contributed by atoms with Crippen molar-refractivity contribution >= 4 is 11.8 Å². The summed E-state index contributed by atoms with van der Waals surface area (Å²) in [4.78, 5) is 26.0. The molecule has 7 nitrogen and oxygen atoms in total. The molecule has 2 aliphatic heterocycles. The first-order valence-corrected chi connectivity index (χ1v) is 8.47. The molecule has 0 unspecified atom stereocenters. The van der Waals surface area contributed by atoms with Gasteiger partial charge in [0.1, 0.15) is 0 Å². The van der Waals surface area contributed by atoms with Gasteiger partial charge < -0.3 is 20.9 Å². The van der Waals surface area contributed by atoms with Crippen LogP contribution >= 0.6 is 0 Å². The van der Waals surface area contributed by atoms with Gasteiger partial charge in [-0.05, 0) is 49.1 Å². The monoisotopic (exact) mass is 347 g/mol. The van der Waals surface area contributed by atoms with Crippen molar-refractivity contribution in [1.82, 2.24) is 4.90 Å². The average molecular weight is 347 g/mol. The Hall–Kier alpha value is -2.28. The highest BCUT2D eigenvalue weighted by Crippen LogP contribution is 2.48. The number of hydrogen-bond donors (Lipinski definition) is 2. The fourth-order valence-corrected chi connectivity index (χ4v) is 4.22. The summed E-state index contributed by atoms with van der Waals surface area (Å²) in [6, 6.07) is 4.00. The zero-order valence-corrected chi connectivity index (χ0v) is 14.7. The van der Waals surface area contributed by atoms with E-state index in [1.54, 1.807) is 14.2 Å². The van der Waals surface area contributed by atoms with Gasteiger partial charge in [-0.1, -0.05) is 0 Å². The minimum absolute atomic E-state index is 0.00467. The maximum absolute atomic E-state index is 12.2. The Labute approximate surface area is 147 Å². The Morgan fingerprint density at radius 1 is 1.20 bits per heavy atom. The van der Waals surface area contributed by atoms with Gasteiger partial charge in [-0.2, -0.15) is 0 Å². The van der Waals surface area contributed by atoms with E-state index in [0.717, 1.165) is 18.5 Å². The van der Waals surface area contributed by atoms with Crippen LogP contribution < -0.4 is 20.9 Å². The van der Waals surface area contributed by atoms with Gasteiger partial charge in [0, 0.05) is 19.0 Å². The summed E-state index contributed by atoms with van der Waals surface area (Å²) in [5.41, 5.74) is 12.5. The Morgan fingerprint density at radius 2 is 1.88 bits per heavy atom. The molecule has 136 valence electrons. The largest absolute Gasteiger partial charge is 0.493 e. The van der Waals surface area contributed by atoms with Crippen molar-refractivity contribution in [2.75, 3.05) is 27.3 Å². The lowest BCUT2D eigenvalue weighted by molar-refractivity contribution is -0.137. The Morgan fingerprint density at radius 3 is 2.48 bits per heavy atom. The minimum atomic E-state index is -0.880. The summed E-state index contributed by atoms with van der Waals surface area (Å²) in [6.07, 6.45) is 1.96. The summed E-state index contributed by atoms with van der Waals surface area (Å²) < 4.78 is 10.8. The summed E-state index contributed by atoms with van der Waals surface area (Å²) in [5, 5.41) is 0. The van der Waals surface area contributed by atoms with E-state index >= 15 is 0 Å². The Balaban J connectivity index is 2.01. The number of nitrogens with zero attached hydrogens (tertiary/aromatic N) is 1. The van der Waals surface area contributed by atoms with E-state index in [9.17, 15) is 9.59 Å². The van der Waals surface area contributed by atoms with Crippen LogP contribution in [0.25, 0.3) is 0 Å². The van der Waals surface area contributed by atoms with Gasteiger partial charge in [0.05, 0.1) is 19.6 Å². The van der Waals surface area contributed by atoms with E-state index in [-0.39, 0.29) is 12.5 Å². The molecule has 3 rings (SSSR count). The van der Waals surface area contributed by atoms with E-state index in [1.165, 1.54) is 5.56 Å². The molecule has 1 fully saturated rings. The fourth-order valence-electron chi connectivity index (χ4n) is 4.22. The molecule has 0 aromatic heterocycles. The number of methoxy groups -OCH3 is 2. The number of ether oxygens (including phenoxy) is 2. The molecule has 1 saturated heterocycles. The molecule has 0 aliphatic carbocycles. The van der Waals surface area contributed by atoms with Crippen LogP contribution in [0.4, 0.5) is 0 Å². The summed E-state index contributed by atoms with van der Waals surface area (Å²) in [5.74, 6) is 0.422. The third-order valence-corrected chi connectivity index (χ3v) is 5.61. The van der Waals surface area contributed by atoms with Crippen LogP contribution in [0.15, 0.2) is 12.1 Å². The van der Waals surface area contributed by atoms with E-state index in [0.29, 0.717) is 30.9 Å². The smallest absolute Gasteiger partial charge is 0.224 e. The number of rotatable bonds is 5. The number of carbonyl (C=O) groups is 2. The van der Waals surface area contributed by atoms with Crippen molar-refractivity contribution in [3.05, 3.63) is 23.3 Å². The normalized spacial score (nSPS) is 25.6. The fraction of sp³-hybridized carbons (Fsp3) is 0.556. The number of primary amides is 2. The SMILES string of the molecule is COc1cc2c(cc1OC)[C@H]1C[C@](CC(N)=O)(C(N)=O)CCN1CC2. The predicted molar refractivity (Wildman–Crippen MR) is 92.2 cm³/mol. The second-order valence-corrected chi connectivity index (χ2v) is 6.95. The molecule has 0 radical (unpaired) electrons. The number of carbonyl (C=O) groups excluding carboxylic acids is 2. The average Bonchev–Trinajstić information content (AvgIpc) is 2.59. The molecule has 4 N–H and O–H groups in total. The molecule has 2 heterocycles. The molecular weight excluding hydrogens is 322 g/mol. The molecule has 1 aromatic rings. The lowest BCUT2D eigenvalue weighted by Gasteiger charge is -2.47. The van der Waals surface area contributed by atoms with Crippen LogP contribution in [0.1, 0.15) is 36.4 Å². The zero-order valence-electron chi connectivity index (χ0n) is 14.7. The van der Waals surface area contributed by atoms with Crippen molar-refractivity contribution in [3.63, 3.8) is 0 Å². The zero-order chi connectivity index (χ0) is 18.2. The molecule has 7 heteroatoms. The third kappa shape index (κ3) is 3.04. The topological polar surface area (TPSA) is 108 Å². The first-order chi connectivity index (χ1) is 11.9. The highest BCUT2D eigenvalue weighted by molar-refractivity contribution is 5.87. The lowest BCUT2D eigenvalue weighted by atomic mass is 9.69. The first-order valence-electron chi connectivity index (χ1n) is 8.47. The van der Waals surface area contributed by atoms with E-state index in [2.05, 4.69) is 4.90 Å². The molecule has 1 aromatic carbocycles. The summed E-state index contributed by atoms with van der Waals surface area (Å²) in [6.45, 7) is 1.62. The molecule has 2 aliphatic rings. The highest BCUT2D eigenvalue weighted by atomic mass is 16.5. The van der Waals surface area contributed by atoms with Crippen LogP contribution in [0, 0.1) is 5.41 Å². The predicted octanol–water partition coefficient (Wildman–Crippen LogP) is 0.744. The van der Waals surface area contributed by atoms with Crippen LogP contribution in [0.3, 0.4) is 0 Å². The van der Waals surface area contributed by atoms with Crippen molar-refractivity contribution in [3.8, 4) is 11.5 Å². The molecule has 0 spiro atoms. The number of piperidine rings is 1. The molecule has 25 heavy (non-hydrogen) atoms. The number of hydrogen-bond acceptors (Lipinski definition) is 5. The Bertz CT molecular complexity index is 706. The second-order valence-electron chi connectivity index (χ2n) is 6.95. The van der Waals surface area contributed by atoms with Gasteiger partial charge in [-0.15, -0.1) is 0 Å². The third-order valence-electron chi connectivity index (χ3n) is 5.61. The molecule has 0 bridgehead atoms. The van der Waals surface area contributed by atoms with E-state index in [1.807, 2.05) is 12.1 Å². The number of benzene rings is 1. The summed E-state index contributed by atoms with van der Waals surface area (Å²) in [7, 11) is 3.22. The first kappa shape index (κ1) is 17.5. The lowest BCUT2D eigenvalue weighted by Crippen LogP contribution is -2.51. The number of nitrogens with two attached hydrogens (primary N) is 2. The standard InChI is InChI=1S/C18H25N3O4/c1-24-14-7-11-3-5-21-6-4-18(17(20)23,10-16(19)22)9-13(21)12(11)8-15(14)25-2/h7-8,13H,3-6,9-10H2,1-2H3,(H2,19,22)(H2,20,23)/t13-,18-/m1/s1. The van der Waals surface area contributed by atoms with Gasteiger partial charge in [0.2, 0.25) is 11.8 Å².